The highest BCUT2D eigenvalue weighted by Crippen LogP contribution is 2.30. The van der Waals surface area contributed by atoms with Crippen LogP contribution < -0.4 is 15.8 Å². The molecular weight excluding hydrogens is 529 g/mol. The van der Waals surface area contributed by atoms with Crippen molar-refractivity contribution < 1.29 is 27.9 Å². The molecule has 12 heteroatoms. The molecule has 0 radical (unpaired) electrons. The highest BCUT2D eigenvalue weighted by atomic mass is 35.5. The number of ether oxygens (including phenoxy) is 1. The van der Waals surface area contributed by atoms with Crippen molar-refractivity contribution in [1.82, 2.24) is 9.62 Å². The summed E-state index contributed by atoms with van der Waals surface area (Å²) in [5.41, 5.74) is 6.27. The minimum Gasteiger partial charge on any atom is -0.488 e. The van der Waals surface area contributed by atoms with E-state index in [1.807, 2.05) is 20.8 Å². The SMILES string of the molecule is CC(C)(C)Oc1ccc(CC(NC(=O)C2C[C@@H](N)CN2S(=O)(=O)c2cc(Cl)cc(Cl)c2)C(=O)O)cc1. The summed E-state index contributed by atoms with van der Waals surface area (Å²) >= 11 is 11.9. The molecule has 1 heterocycles. The van der Waals surface area contributed by atoms with Gasteiger partial charge in [-0.1, -0.05) is 35.3 Å². The van der Waals surface area contributed by atoms with Gasteiger partial charge in [-0.25, -0.2) is 13.2 Å². The normalized spacial score (nSPS) is 19.6. The Balaban J connectivity index is 1.77. The molecule has 3 atom stereocenters. The maximum atomic E-state index is 13.3. The molecular formula is C24H29Cl2N3O6S. The van der Waals surface area contributed by atoms with Gasteiger partial charge in [0.15, 0.2) is 0 Å². The summed E-state index contributed by atoms with van der Waals surface area (Å²) in [6.07, 6.45) is 0.0246. The van der Waals surface area contributed by atoms with Crippen molar-refractivity contribution in [3.8, 4) is 5.75 Å². The Bertz CT molecular complexity index is 1210. The molecule has 2 aromatic rings. The molecule has 3 rings (SSSR count). The number of carboxylic acids is 1. The molecule has 4 N–H and O–H groups in total. The van der Waals surface area contributed by atoms with Gasteiger partial charge in [0.25, 0.3) is 0 Å². The summed E-state index contributed by atoms with van der Waals surface area (Å²) in [7, 11) is -4.18. The van der Waals surface area contributed by atoms with Crippen molar-refractivity contribution in [1.29, 1.82) is 0 Å². The van der Waals surface area contributed by atoms with Crippen molar-refractivity contribution in [2.75, 3.05) is 6.54 Å². The van der Waals surface area contributed by atoms with Crippen LogP contribution in [0.5, 0.6) is 5.75 Å². The summed E-state index contributed by atoms with van der Waals surface area (Å²) in [5.74, 6) is -1.37. The molecule has 1 aliphatic rings. The standard InChI is InChI=1S/C24H29Cl2N3O6S/c1-24(2,3)35-18-6-4-14(5-7-18)8-20(23(31)32)28-22(30)21-12-17(27)13-29(21)36(33,34)19-10-15(25)9-16(26)11-19/h4-7,9-11,17,20-21H,8,12-13,27H2,1-3H3,(H,28,30)(H,31,32)/t17-,20?,21?/m1/s1. The fourth-order valence-corrected chi connectivity index (χ4v) is 6.29. The molecule has 1 saturated heterocycles. The molecule has 0 saturated carbocycles. The Morgan fingerprint density at radius 3 is 2.28 bits per heavy atom. The number of hydrogen-bond acceptors (Lipinski definition) is 6. The fourth-order valence-electron chi connectivity index (χ4n) is 3.90. The molecule has 36 heavy (non-hydrogen) atoms. The number of rotatable bonds is 8. The number of halogens is 2. The first-order chi connectivity index (χ1) is 16.7. The van der Waals surface area contributed by atoms with E-state index in [9.17, 15) is 23.1 Å². The lowest BCUT2D eigenvalue weighted by Crippen LogP contribution is -2.51. The maximum absolute atomic E-state index is 13.3. The van der Waals surface area contributed by atoms with Gasteiger partial charge in [0.05, 0.1) is 4.90 Å². The topological polar surface area (TPSA) is 139 Å². The van der Waals surface area contributed by atoms with E-state index in [0.717, 1.165) is 4.31 Å². The Hall–Kier alpha value is -2.37. The van der Waals surface area contributed by atoms with Gasteiger partial charge >= 0.3 is 5.97 Å². The summed E-state index contributed by atoms with van der Waals surface area (Å²) in [4.78, 5) is 24.9. The van der Waals surface area contributed by atoms with Gasteiger partial charge in [0, 0.05) is 29.1 Å². The van der Waals surface area contributed by atoms with E-state index in [1.165, 1.54) is 18.2 Å². The van der Waals surface area contributed by atoms with Crippen LogP contribution in [0, 0.1) is 0 Å². The van der Waals surface area contributed by atoms with Crippen molar-refractivity contribution in [3.63, 3.8) is 0 Å². The van der Waals surface area contributed by atoms with Crippen molar-refractivity contribution in [2.45, 2.75) is 62.2 Å². The third kappa shape index (κ3) is 7.10. The van der Waals surface area contributed by atoms with E-state index >= 15 is 0 Å². The second kappa shape index (κ2) is 10.9. The maximum Gasteiger partial charge on any atom is 0.326 e. The van der Waals surface area contributed by atoms with E-state index in [0.29, 0.717) is 11.3 Å². The third-order valence-electron chi connectivity index (χ3n) is 5.44. The highest BCUT2D eigenvalue weighted by molar-refractivity contribution is 7.89. The zero-order valence-electron chi connectivity index (χ0n) is 20.1. The highest BCUT2D eigenvalue weighted by Gasteiger charge is 2.43. The zero-order valence-corrected chi connectivity index (χ0v) is 22.4. The third-order valence-corrected chi connectivity index (χ3v) is 7.72. The Morgan fingerprint density at radius 2 is 1.75 bits per heavy atom. The first-order valence-electron chi connectivity index (χ1n) is 11.2. The molecule has 0 spiro atoms. The molecule has 1 aliphatic heterocycles. The number of nitrogens with two attached hydrogens (primary N) is 1. The van der Waals surface area contributed by atoms with Crippen LogP contribution in [-0.4, -0.2) is 60.0 Å². The van der Waals surface area contributed by atoms with Gasteiger partial charge < -0.3 is 20.9 Å². The summed E-state index contributed by atoms with van der Waals surface area (Å²) < 4.78 is 33.3. The summed E-state index contributed by atoms with van der Waals surface area (Å²) in [6.45, 7) is 5.63. The monoisotopic (exact) mass is 557 g/mol. The fraction of sp³-hybridized carbons (Fsp3) is 0.417. The second-order valence-corrected chi connectivity index (χ2v) is 12.4. The molecule has 0 aromatic heterocycles. The Morgan fingerprint density at radius 1 is 1.17 bits per heavy atom. The van der Waals surface area contributed by atoms with Crippen LogP contribution in [0.4, 0.5) is 0 Å². The van der Waals surface area contributed by atoms with Gasteiger partial charge in [0.2, 0.25) is 15.9 Å². The number of benzene rings is 2. The predicted molar refractivity (Wildman–Crippen MR) is 137 cm³/mol. The molecule has 1 fully saturated rings. The van der Waals surface area contributed by atoms with Crippen molar-refractivity contribution in [3.05, 3.63) is 58.1 Å². The molecule has 9 nitrogen and oxygen atoms in total. The number of sulfonamides is 1. The van der Waals surface area contributed by atoms with E-state index in [-0.39, 0.29) is 39.9 Å². The minimum atomic E-state index is -4.18. The molecule has 196 valence electrons. The quantitative estimate of drug-likeness (QED) is 0.453. The molecule has 0 bridgehead atoms. The van der Waals surface area contributed by atoms with E-state index in [4.69, 9.17) is 33.7 Å². The van der Waals surface area contributed by atoms with Gasteiger partial charge in [-0.05, 0) is 63.1 Å². The number of hydrogen-bond donors (Lipinski definition) is 3. The summed E-state index contributed by atoms with van der Waals surface area (Å²) in [6, 6.07) is 7.65. The first kappa shape index (κ1) is 28.2. The number of carbonyl (C=O) groups is 2. The van der Waals surface area contributed by atoms with Crippen molar-refractivity contribution in [2.24, 2.45) is 5.73 Å². The molecule has 2 unspecified atom stereocenters. The minimum absolute atomic E-state index is 0.00764. The zero-order chi connectivity index (χ0) is 26.8. The van der Waals surface area contributed by atoms with Crippen LogP contribution in [0.1, 0.15) is 32.8 Å². The van der Waals surface area contributed by atoms with Crippen LogP contribution in [0.2, 0.25) is 10.0 Å². The number of nitrogens with one attached hydrogen (secondary N) is 1. The van der Waals surface area contributed by atoms with Gasteiger partial charge in [-0.2, -0.15) is 4.31 Å². The van der Waals surface area contributed by atoms with Gasteiger partial charge in [-0.3, -0.25) is 4.79 Å². The lowest BCUT2D eigenvalue weighted by Gasteiger charge is -2.25. The molecule has 0 aliphatic carbocycles. The average molecular weight is 558 g/mol. The van der Waals surface area contributed by atoms with Gasteiger partial charge in [-0.15, -0.1) is 0 Å². The Kier molecular flexibility index (Phi) is 8.57. The van der Waals surface area contributed by atoms with Gasteiger partial charge in [0.1, 0.15) is 23.4 Å². The number of amides is 1. The predicted octanol–water partition coefficient (Wildman–Crippen LogP) is 3.07. The van der Waals surface area contributed by atoms with Crippen molar-refractivity contribution >= 4 is 45.1 Å². The number of aliphatic carboxylic acids is 1. The smallest absolute Gasteiger partial charge is 0.326 e. The van der Waals surface area contributed by atoms with Crippen LogP contribution in [-0.2, 0) is 26.0 Å². The first-order valence-corrected chi connectivity index (χ1v) is 13.4. The molecule has 2 aromatic carbocycles. The summed E-state index contributed by atoms with van der Waals surface area (Å²) in [5, 5.41) is 12.4. The largest absolute Gasteiger partial charge is 0.488 e. The van der Waals surface area contributed by atoms with E-state index in [1.54, 1.807) is 24.3 Å². The Labute approximate surface area is 220 Å². The van der Waals surface area contributed by atoms with E-state index < -0.39 is 40.0 Å². The average Bonchev–Trinajstić information content (AvgIpc) is 3.15. The van der Waals surface area contributed by atoms with Crippen LogP contribution in [0.3, 0.4) is 0 Å². The van der Waals surface area contributed by atoms with Crippen LogP contribution in [0.25, 0.3) is 0 Å². The molecule has 1 amide bonds. The second-order valence-electron chi connectivity index (χ2n) is 9.65. The number of nitrogens with zero attached hydrogens (tertiary/aromatic N) is 1. The van der Waals surface area contributed by atoms with Crippen LogP contribution >= 0.6 is 23.2 Å². The lowest BCUT2D eigenvalue weighted by molar-refractivity contribution is -0.142. The number of carbonyl (C=O) groups excluding carboxylic acids is 1. The lowest BCUT2D eigenvalue weighted by atomic mass is 10.0. The van der Waals surface area contributed by atoms with E-state index in [2.05, 4.69) is 5.32 Å². The van der Waals surface area contributed by atoms with Crippen LogP contribution in [0.15, 0.2) is 47.4 Å². The number of carboxylic acid groups (broad SMARTS) is 1.